The maximum absolute atomic E-state index is 12.9. The highest BCUT2D eigenvalue weighted by atomic mass is 32.1. The molecular formula is C20H20FN3OS. The summed E-state index contributed by atoms with van der Waals surface area (Å²) in [5.74, 6) is 0.253. The molecule has 1 aliphatic rings. The molecule has 4 rings (SSSR count). The molecular weight excluding hydrogens is 349 g/mol. The molecule has 1 aliphatic carbocycles. The molecule has 3 aromatic rings. The summed E-state index contributed by atoms with van der Waals surface area (Å²) in [5.41, 5.74) is 3.09. The average molecular weight is 369 g/mol. The number of rotatable bonds is 7. The Labute approximate surface area is 155 Å². The Kier molecular flexibility index (Phi) is 4.84. The second kappa shape index (κ2) is 7.41. The van der Waals surface area contributed by atoms with Crippen LogP contribution in [0, 0.1) is 5.82 Å². The van der Waals surface area contributed by atoms with E-state index in [2.05, 4.69) is 22.8 Å². The van der Waals surface area contributed by atoms with Crippen LogP contribution in [0.25, 0.3) is 10.6 Å². The molecule has 1 fully saturated rings. The second-order valence-electron chi connectivity index (χ2n) is 6.58. The third-order valence-corrected chi connectivity index (χ3v) is 5.40. The number of hydrogen-bond donors (Lipinski definition) is 1. The molecule has 0 aliphatic heterocycles. The first-order valence-corrected chi connectivity index (χ1v) is 9.70. The van der Waals surface area contributed by atoms with Crippen LogP contribution < -0.4 is 5.32 Å². The van der Waals surface area contributed by atoms with Crippen molar-refractivity contribution in [2.45, 2.75) is 31.7 Å². The van der Waals surface area contributed by atoms with E-state index in [4.69, 9.17) is 5.10 Å². The normalized spacial score (nSPS) is 13.7. The van der Waals surface area contributed by atoms with Crippen LogP contribution in [-0.4, -0.2) is 22.2 Å². The summed E-state index contributed by atoms with van der Waals surface area (Å²) in [5, 5.41) is 9.73. The van der Waals surface area contributed by atoms with E-state index in [0.29, 0.717) is 19.0 Å². The van der Waals surface area contributed by atoms with Crippen molar-refractivity contribution >= 4 is 17.2 Å². The van der Waals surface area contributed by atoms with Crippen LogP contribution in [0.1, 0.15) is 30.0 Å². The highest BCUT2D eigenvalue weighted by Gasteiger charge is 2.28. The number of carbonyl (C=O) groups is 1. The molecule has 4 nitrogen and oxygen atoms in total. The summed E-state index contributed by atoms with van der Waals surface area (Å²) in [6, 6.07) is 12.3. The van der Waals surface area contributed by atoms with Gasteiger partial charge in [-0.25, -0.2) is 4.39 Å². The van der Waals surface area contributed by atoms with Crippen molar-refractivity contribution in [2.75, 3.05) is 6.54 Å². The Morgan fingerprint density at radius 1 is 1.27 bits per heavy atom. The Balaban J connectivity index is 1.35. The Morgan fingerprint density at radius 3 is 2.77 bits per heavy atom. The van der Waals surface area contributed by atoms with Gasteiger partial charge >= 0.3 is 0 Å². The maximum Gasteiger partial charge on any atom is 0.224 e. The molecule has 0 spiro atoms. The van der Waals surface area contributed by atoms with E-state index in [1.807, 2.05) is 10.7 Å². The summed E-state index contributed by atoms with van der Waals surface area (Å²) in [6.07, 6.45) is 2.69. The largest absolute Gasteiger partial charge is 0.354 e. The Bertz CT molecular complexity index is 882. The molecule has 1 amide bonds. The quantitative estimate of drug-likeness (QED) is 0.685. The molecule has 1 N–H and O–H groups in total. The zero-order valence-corrected chi connectivity index (χ0v) is 15.1. The van der Waals surface area contributed by atoms with Gasteiger partial charge in [0.25, 0.3) is 0 Å². The van der Waals surface area contributed by atoms with Gasteiger partial charge in [-0.05, 0) is 48.1 Å². The lowest BCUT2D eigenvalue weighted by molar-refractivity contribution is -0.120. The smallest absolute Gasteiger partial charge is 0.224 e. The van der Waals surface area contributed by atoms with Crippen LogP contribution in [-0.2, 0) is 17.8 Å². The van der Waals surface area contributed by atoms with E-state index in [9.17, 15) is 9.18 Å². The number of hydrogen-bond acceptors (Lipinski definition) is 3. The number of thiophene rings is 1. The van der Waals surface area contributed by atoms with Crippen molar-refractivity contribution in [2.24, 2.45) is 0 Å². The summed E-state index contributed by atoms with van der Waals surface area (Å²) >= 11 is 1.69. The highest BCUT2D eigenvalue weighted by molar-refractivity contribution is 7.13. The summed E-state index contributed by atoms with van der Waals surface area (Å²) < 4.78 is 14.9. The number of amides is 1. The Morgan fingerprint density at radius 2 is 2.08 bits per heavy atom. The first kappa shape index (κ1) is 17.0. The van der Waals surface area contributed by atoms with Gasteiger partial charge in [0, 0.05) is 18.2 Å². The van der Waals surface area contributed by atoms with Crippen molar-refractivity contribution in [3.8, 4) is 10.6 Å². The highest BCUT2D eigenvalue weighted by Crippen LogP contribution is 2.41. The topological polar surface area (TPSA) is 46.9 Å². The minimum atomic E-state index is -0.290. The lowest BCUT2D eigenvalue weighted by Crippen LogP contribution is -2.29. The number of carbonyl (C=O) groups excluding carboxylic acids is 1. The van der Waals surface area contributed by atoms with Crippen LogP contribution in [0.3, 0.4) is 0 Å². The van der Waals surface area contributed by atoms with Gasteiger partial charge in [0.1, 0.15) is 11.5 Å². The van der Waals surface area contributed by atoms with Crippen LogP contribution in [0.2, 0.25) is 0 Å². The molecule has 26 heavy (non-hydrogen) atoms. The van der Waals surface area contributed by atoms with Gasteiger partial charge in [0.2, 0.25) is 5.91 Å². The number of benzene rings is 1. The van der Waals surface area contributed by atoms with Gasteiger partial charge in [0.05, 0.1) is 17.8 Å². The van der Waals surface area contributed by atoms with Crippen LogP contribution in [0.4, 0.5) is 4.39 Å². The van der Waals surface area contributed by atoms with Gasteiger partial charge in [-0.1, -0.05) is 18.2 Å². The molecule has 2 heterocycles. The molecule has 1 aromatic carbocycles. The summed E-state index contributed by atoms with van der Waals surface area (Å²) in [4.78, 5) is 13.3. The molecule has 6 heteroatoms. The van der Waals surface area contributed by atoms with Crippen molar-refractivity contribution in [3.05, 3.63) is 64.9 Å². The van der Waals surface area contributed by atoms with Gasteiger partial charge in [-0.3, -0.25) is 9.48 Å². The van der Waals surface area contributed by atoms with Gasteiger partial charge in [-0.2, -0.15) is 5.10 Å². The third kappa shape index (κ3) is 4.02. The van der Waals surface area contributed by atoms with E-state index in [1.165, 1.54) is 35.5 Å². The number of aromatic nitrogens is 2. The lowest BCUT2D eigenvalue weighted by Gasteiger charge is -2.08. The van der Waals surface area contributed by atoms with E-state index in [1.54, 1.807) is 23.5 Å². The van der Waals surface area contributed by atoms with Gasteiger partial charge in [0.15, 0.2) is 0 Å². The van der Waals surface area contributed by atoms with Crippen molar-refractivity contribution in [3.63, 3.8) is 0 Å². The zero-order chi connectivity index (χ0) is 17.9. The predicted octanol–water partition coefficient (Wildman–Crippen LogP) is 3.99. The fourth-order valence-electron chi connectivity index (χ4n) is 3.01. The molecule has 0 atom stereocenters. The van der Waals surface area contributed by atoms with Crippen molar-refractivity contribution < 1.29 is 9.18 Å². The van der Waals surface area contributed by atoms with Gasteiger partial charge in [-0.15, -0.1) is 11.3 Å². The van der Waals surface area contributed by atoms with Crippen molar-refractivity contribution in [1.82, 2.24) is 15.1 Å². The van der Waals surface area contributed by atoms with Crippen LogP contribution in [0.15, 0.2) is 47.8 Å². The molecule has 0 unspecified atom stereocenters. The minimum absolute atomic E-state index is 0.0600. The third-order valence-electron chi connectivity index (χ3n) is 4.50. The zero-order valence-electron chi connectivity index (χ0n) is 14.3. The van der Waals surface area contributed by atoms with Crippen LogP contribution >= 0.6 is 11.3 Å². The standard InChI is InChI=1S/C20H20FN3OS/c21-16-7-3-14(4-8-16)12-20(25)22-9-10-24-18(15-5-6-15)13-17(23-24)19-2-1-11-26-19/h1-4,7-8,11,13,15H,5-6,9-10,12H2,(H,22,25). The first-order valence-electron chi connectivity index (χ1n) is 8.82. The molecule has 0 saturated heterocycles. The van der Waals surface area contributed by atoms with E-state index in [-0.39, 0.29) is 18.1 Å². The minimum Gasteiger partial charge on any atom is -0.354 e. The Hall–Kier alpha value is -2.47. The van der Waals surface area contributed by atoms with Gasteiger partial charge < -0.3 is 5.32 Å². The van der Waals surface area contributed by atoms with Crippen molar-refractivity contribution in [1.29, 1.82) is 0 Å². The number of nitrogens with one attached hydrogen (secondary N) is 1. The van der Waals surface area contributed by atoms with Crippen LogP contribution in [0.5, 0.6) is 0 Å². The molecule has 134 valence electrons. The fraction of sp³-hybridized carbons (Fsp3) is 0.300. The molecule has 0 radical (unpaired) electrons. The predicted molar refractivity (Wildman–Crippen MR) is 101 cm³/mol. The molecule has 2 aromatic heterocycles. The van der Waals surface area contributed by atoms with E-state index < -0.39 is 0 Å². The summed E-state index contributed by atoms with van der Waals surface area (Å²) in [7, 11) is 0. The monoisotopic (exact) mass is 369 g/mol. The fourth-order valence-corrected chi connectivity index (χ4v) is 3.70. The molecule has 1 saturated carbocycles. The average Bonchev–Trinajstić information content (AvgIpc) is 3.16. The SMILES string of the molecule is O=C(Cc1ccc(F)cc1)NCCn1nc(-c2cccs2)cc1C1CC1. The van der Waals surface area contributed by atoms with E-state index >= 15 is 0 Å². The molecule has 0 bridgehead atoms. The lowest BCUT2D eigenvalue weighted by atomic mass is 10.1. The maximum atomic E-state index is 12.9. The summed E-state index contributed by atoms with van der Waals surface area (Å²) in [6.45, 7) is 1.19. The number of halogens is 1. The first-order chi connectivity index (χ1) is 12.7. The van der Waals surface area contributed by atoms with E-state index in [0.717, 1.165) is 11.3 Å². The number of nitrogens with zero attached hydrogens (tertiary/aromatic N) is 2. The second-order valence-corrected chi connectivity index (χ2v) is 7.53.